The maximum Gasteiger partial charge on any atom is 0.209 e. The van der Waals surface area contributed by atoms with Crippen LogP contribution in [0.5, 0.6) is 0 Å². The fraction of sp³-hybridized carbons (Fsp3) is 0.200. The third-order valence-electron chi connectivity index (χ3n) is 1.92. The van der Waals surface area contributed by atoms with E-state index in [0.29, 0.717) is 5.89 Å². The van der Waals surface area contributed by atoms with Gasteiger partial charge in [0.05, 0.1) is 6.07 Å². The Morgan fingerprint density at radius 3 is 3.07 bits per heavy atom. The van der Waals surface area contributed by atoms with Gasteiger partial charge in [-0.1, -0.05) is 28.1 Å². The lowest BCUT2D eigenvalue weighted by Gasteiger charge is -1.92. The van der Waals surface area contributed by atoms with Crippen molar-refractivity contribution in [1.29, 1.82) is 5.26 Å². The summed E-state index contributed by atoms with van der Waals surface area (Å²) in [5.41, 5.74) is 2.66. The van der Waals surface area contributed by atoms with Crippen LogP contribution in [0.15, 0.2) is 22.6 Å². The molecule has 70 valence electrons. The average molecular weight is 251 g/mol. The standard InChI is InChI=1S/C10H7BrN2O/c11-6-7-2-1-3-8-10(7)13-9(14-8)4-5-12/h1-3H,4,6H2. The number of alkyl halides is 1. The Hall–Kier alpha value is -1.34. The Morgan fingerprint density at radius 2 is 2.36 bits per heavy atom. The van der Waals surface area contributed by atoms with Gasteiger partial charge in [0.25, 0.3) is 0 Å². The predicted molar refractivity (Wildman–Crippen MR) is 56.0 cm³/mol. The number of hydrogen-bond donors (Lipinski definition) is 0. The zero-order chi connectivity index (χ0) is 9.97. The topological polar surface area (TPSA) is 49.8 Å². The first-order valence-corrected chi connectivity index (χ1v) is 5.27. The molecule has 0 radical (unpaired) electrons. The van der Waals surface area contributed by atoms with E-state index in [1.54, 1.807) is 0 Å². The highest BCUT2D eigenvalue weighted by atomic mass is 79.9. The molecule has 2 rings (SSSR count). The van der Waals surface area contributed by atoms with Gasteiger partial charge in [-0.15, -0.1) is 0 Å². The molecule has 0 amide bonds. The highest BCUT2D eigenvalue weighted by Crippen LogP contribution is 2.21. The van der Waals surface area contributed by atoms with Crippen LogP contribution in [-0.2, 0) is 11.8 Å². The van der Waals surface area contributed by atoms with Crippen LogP contribution in [0.1, 0.15) is 11.5 Å². The molecule has 1 aromatic heterocycles. The summed E-state index contributed by atoms with van der Waals surface area (Å²) in [5.74, 6) is 0.482. The van der Waals surface area contributed by atoms with E-state index >= 15 is 0 Å². The molecular weight excluding hydrogens is 244 g/mol. The van der Waals surface area contributed by atoms with Gasteiger partial charge in [-0.2, -0.15) is 5.26 Å². The van der Waals surface area contributed by atoms with Crippen LogP contribution in [0, 0.1) is 11.3 Å². The first kappa shape index (κ1) is 9.22. The minimum Gasteiger partial charge on any atom is -0.440 e. The monoisotopic (exact) mass is 250 g/mol. The van der Waals surface area contributed by atoms with Gasteiger partial charge >= 0.3 is 0 Å². The van der Waals surface area contributed by atoms with Crippen LogP contribution in [0.4, 0.5) is 0 Å². The predicted octanol–water partition coefficient (Wildman–Crippen LogP) is 2.79. The van der Waals surface area contributed by atoms with Crippen molar-refractivity contribution in [1.82, 2.24) is 4.98 Å². The number of aromatic nitrogens is 1. The highest BCUT2D eigenvalue weighted by molar-refractivity contribution is 9.08. The number of benzene rings is 1. The molecule has 0 N–H and O–H groups in total. The lowest BCUT2D eigenvalue weighted by molar-refractivity contribution is 0.548. The Kier molecular flexibility index (Phi) is 2.51. The number of fused-ring (bicyclic) bond motifs is 1. The summed E-state index contributed by atoms with van der Waals surface area (Å²) in [6.45, 7) is 0. The van der Waals surface area contributed by atoms with Crippen molar-refractivity contribution in [2.45, 2.75) is 11.8 Å². The lowest BCUT2D eigenvalue weighted by Crippen LogP contribution is -1.81. The molecule has 0 spiro atoms. The van der Waals surface area contributed by atoms with Gasteiger partial charge < -0.3 is 4.42 Å². The van der Waals surface area contributed by atoms with Crippen molar-refractivity contribution < 1.29 is 4.42 Å². The summed E-state index contributed by atoms with van der Waals surface area (Å²) in [7, 11) is 0. The molecule has 0 bridgehead atoms. The number of nitrogens with zero attached hydrogens (tertiary/aromatic N) is 2. The van der Waals surface area contributed by atoms with E-state index in [1.807, 2.05) is 24.3 Å². The molecule has 4 heteroatoms. The minimum absolute atomic E-state index is 0.219. The molecule has 0 unspecified atom stereocenters. The van der Waals surface area contributed by atoms with Crippen LogP contribution in [0.25, 0.3) is 11.1 Å². The lowest BCUT2D eigenvalue weighted by atomic mass is 10.2. The number of rotatable bonds is 2. The van der Waals surface area contributed by atoms with E-state index in [2.05, 4.69) is 20.9 Å². The highest BCUT2D eigenvalue weighted by Gasteiger charge is 2.07. The number of hydrogen-bond acceptors (Lipinski definition) is 3. The molecule has 3 nitrogen and oxygen atoms in total. The first-order chi connectivity index (χ1) is 6.85. The summed E-state index contributed by atoms with van der Waals surface area (Å²) >= 11 is 3.38. The van der Waals surface area contributed by atoms with Crippen LogP contribution in [-0.4, -0.2) is 4.98 Å². The molecule has 1 heterocycles. The van der Waals surface area contributed by atoms with Crippen LogP contribution in [0.3, 0.4) is 0 Å². The van der Waals surface area contributed by atoms with Gasteiger partial charge in [0.1, 0.15) is 11.9 Å². The average Bonchev–Trinajstić information content (AvgIpc) is 2.60. The summed E-state index contributed by atoms with van der Waals surface area (Å²) in [6, 6.07) is 7.77. The molecule has 1 aromatic carbocycles. The fourth-order valence-electron chi connectivity index (χ4n) is 1.30. The van der Waals surface area contributed by atoms with Gasteiger partial charge in [0, 0.05) is 5.33 Å². The number of oxazole rings is 1. The zero-order valence-electron chi connectivity index (χ0n) is 7.33. The molecule has 2 aromatic rings. The molecular formula is C10H7BrN2O. The van der Waals surface area contributed by atoms with Gasteiger partial charge in [-0.25, -0.2) is 4.98 Å². The summed E-state index contributed by atoms with van der Waals surface area (Å²) in [4.78, 5) is 4.25. The summed E-state index contributed by atoms with van der Waals surface area (Å²) in [6.07, 6.45) is 0.219. The normalized spacial score (nSPS) is 10.3. The molecule has 0 aliphatic carbocycles. The Morgan fingerprint density at radius 1 is 1.50 bits per heavy atom. The van der Waals surface area contributed by atoms with E-state index in [1.165, 1.54) is 0 Å². The van der Waals surface area contributed by atoms with E-state index < -0.39 is 0 Å². The number of halogens is 1. The molecule has 0 saturated heterocycles. The second-order valence-electron chi connectivity index (χ2n) is 2.84. The second kappa shape index (κ2) is 3.81. The van der Waals surface area contributed by atoms with E-state index in [0.717, 1.165) is 22.0 Å². The van der Waals surface area contributed by atoms with Crippen molar-refractivity contribution in [3.63, 3.8) is 0 Å². The molecule has 0 saturated carbocycles. The Labute approximate surface area is 89.5 Å². The third-order valence-corrected chi connectivity index (χ3v) is 2.53. The maximum atomic E-state index is 8.51. The number of nitriles is 1. The molecule has 0 fully saturated rings. The quantitative estimate of drug-likeness (QED) is 0.771. The summed E-state index contributed by atoms with van der Waals surface area (Å²) < 4.78 is 5.40. The zero-order valence-corrected chi connectivity index (χ0v) is 8.91. The van der Waals surface area contributed by atoms with Gasteiger partial charge in [-0.05, 0) is 11.6 Å². The van der Waals surface area contributed by atoms with Gasteiger partial charge in [0.15, 0.2) is 5.58 Å². The van der Waals surface area contributed by atoms with E-state index in [-0.39, 0.29) is 6.42 Å². The maximum absolute atomic E-state index is 8.51. The Balaban J connectivity index is 2.59. The smallest absolute Gasteiger partial charge is 0.209 e. The molecule has 0 aliphatic heterocycles. The Bertz CT molecular complexity index is 498. The fourth-order valence-corrected chi connectivity index (χ4v) is 1.76. The van der Waals surface area contributed by atoms with Crippen molar-refractivity contribution in [3.8, 4) is 6.07 Å². The van der Waals surface area contributed by atoms with Crippen molar-refractivity contribution in [2.75, 3.05) is 0 Å². The first-order valence-electron chi connectivity index (χ1n) is 4.15. The van der Waals surface area contributed by atoms with Crippen LogP contribution < -0.4 is 0 Å². The van der Waals surface area contributed by atoms with Gasteiger partial charge in [0.2, 0.25) is 5.89 Å². The van der Waals surface area contributed by atoms with E-state index in [4.69, 9.17) is 9.68 Å². The number of para-hydroxylation sites is 1. The van der Waals surface area contributed by atoms with Crippen LogP contribution in [0.2, 0.25) is 0 Å². The molecule has 0 aliphatic rings. The molecule has 0 atom stereocenters. The van der Waals surface area contributed by atoms with Gasteiger partial charge in [-0.3, -0.25) is 0 Å². The van der Waals surface area contributed by atoms with Crippen molar-refractivity contribution >= 4 is 27.0 Å². The van der Waals surface area contributed by atoms with Crippen LogP contribution >= 0.6 is 15.9 Å². The minimum atomic E-state index is 0.219. The largest absolute Gasteiger partial charge is 0.440 e. The van der Waals surface area contributed by atoms with E-state index in [9.17, 15) is 0 Å². The third kappa shape index (κ3) is 1.51. The molecule has 14 heavy (non-hydrogen) atoms. The van der Waals surface area contributed by atoms with Crippen molar-refractivity contribution in [3.05, 3.63) is 29.7 Å². The SMILES string of the molecule is N#CCc1nc2c(CBr)cccc2o1. The van der Waals surface area contributed by atoms with Crippen molar-refractivity contribution in [2.24, 2.45) is 0 Å². The second-order valence-corrected chi connectivity index (χ2v) is 3.40. The summed E-state index contributed by atoms with van der Waals surface area (Å²) in [5, 5.41) is 9.25.